The van der Waals surface area contributed by atoms with Gasteiger partial charge < -0.3 is 19.7 Å². The molecule has 0 aromatic heterocycles. The van der Waals surface area contributed by atoms with Crippen LogP contribution in [0.1, 0.15) is 12.8 Å². The van der Waals surface area contributed by atoms with E-state index in [4.69, 9.17) is 14.6 Å². The van der Waals surface area contributed by atoms with Gasteiger partial charge in [0.15, 0.2) is 0 Å². The van der Waals surface area contributed by atoms with Crippen molar-refractivity contribution in [1.82, 2.24) is 0 Å². The molecule has 1 aliphatic heterocycles. The van der Waals surface area contributed by atoms with Crippen LogP contribution in [0.5, 0.6) is 0 Å². The van der Waals surface area contributed by atoms with Gasteiger partial charge in [-0.25, -0.2) is 4.79 Å². The Morgan fingerprint density at radius 2 is 2.42 bits per heavy atom. The second-order valence-electron chi connectivity index (χ2n) is 2.76. The summed E-state index contributed by atoms with van der Waals surface area (Å²) in [7, 11) is 1.26. The molecule has 5 heteroatoms. The Bertz CT molecular complexity index is 181. The van der Waals surface area contributed by atoms with Gasteiger partial charge in [0.05, 0.1) is 12.7 Å². The van der Waals surface area contributed by atoms with Gasteiger partial charge in [-0.1, -0.05) is 0 Å². The van der Waals surface area contributed by atoms with Crippen molar-refractivity contribution in [3.05, 3.63) is 0 Å². The summed E-state index contributed by atoms with van der Waals surface area (Å²) in [6, 6.07) is 0. The first-order chi connectivity index (χ1) is 5.60. The lowest BCUT2D eigenvalue weighted by molar-refractivity contribution is -0.260. The van der Waals surface area contributed by atoms with Gasteiger partial charge in [-0.3, -0.25) is 0 Å². The molecule has 0 amide bonds. The van der Waals surface area contributed by atoms with Gasteiger partial charge in [-0.05, 0) is 6.42 Å². The van der Waals surface area contributed by atoms with Crippen molar-refractivity contribution in [2.45, 2.75) is 24.7 Å². The van der Waals surface area contributed by atoms with Crippen molar-refractivity contribution in [2.75, 3.05) is 13.7 Å². The number of aliphatic hydroxyl groups is 1. The van der Waals surface area contributed by atoms with E-state index in [0.717, 1.165) is 0 Å². The van der Waals surface area contributed by atoms with E-state index < -0.39 is 17.9 Å². The molecule has 0 radical (unpaired) electrons. The quantitative estimate of drug-likeness (QED) is 0.598. The van der Waals surface area contributed by atoms with E-state index in [2.05, 4.69) is 0 Å². The van der Waals surface area contributed by atoms with Crippen LogP contribution in [0.25, 0.3) is 0 Å². The minimum atomic E-state index is -1.64. The number of methoxy groups -OCH3 is 1. The SMILES string of the molecule is COC1(C(=O)O)CC(O)CCO1. The fourth-order valence-electron chi connectivity index (χ4n) is 1.21. The largest absolute Gasteiger partial charge is 0.477 e. The van der Waals surface area contributed by atoms with Gasteiger partial charge >= 0.3 is 5.97 Å². The molecule has 0 aliphatic carbocycles. The summed E-state index contributed by atoms with van der Waals surface area (Å²) in [5, 5.41) is 17.9. The average molecular weight is 176 g/mol. The van der Waals surface area contributed by atoms with Crippen molar-refractivity contribution < 1.29 is 24.5 Å². The van der Waals surface area contributed by atoms with Crippen LogP contribution in [0.3, 0.4) is 0 Å². The topological polar surface area (TPSA) is 76.0 Å². The van der Waals surface area contributed by atoms with Crippen LogP contribution in [0, 0.1) is 0 Å². The second-order valence-corrected chi connectivity index (χ2v) is 2.76. The monoisotopic (exact) mass is 176 g/mol. The zero-order valence-electron chi connectivity index (χ0n) is 6.82. The number of hydrogen-bond donors (Lipinski definition) is 2. The minimum absolute atomic E-state index is 0.0150. The van der Waals surface area contributed by atoms with Crippen LogP contribution in [-0.2, 0) is 14.3 Å². The first-order valence-corrected chi connectivity index (χ1v) is 3.71. The van der Waals surface area contributed by atoms with Crippen molar-refractivity contribution >= 4 is 5.97 Å². The predicted molar refractivity (Wildman–Crippen MR) is 38.6 cm³/mol. The molecule has 1 saturated heterocycles. The molecule has 70 valence electrons. The molecule has 2 atom stereocenters. The normalized spacial score (nSPS) is 36.3. The number of carbonyl (C=O) groups is 1. The number of ether oxygens (including phenoxy) is 2. The highest BCUT2D eigenvalue weighted by atomic mass is 16.7. The summed E-state index contributed by atoms with van der Waals surface area (Å²) in [5.74, 6) is -2.83. The van der Waals surface area contributed by atoms with Gasteiger partial charge in [-0.2, -0.15) is 0 Å². The lowest BCUT2D eigenvalue weighted by Gasteiger charge is -2.33. The van der Waals surface area contributed by atoms with E-state index in [1.807, 2.05) is 0 Å². The first-order valence-electron chi connectivity index (χ1n) is 3.71. The summed E-state index contributed by atoms with van der Waals surface area (Å²) in [6.45, 7) is 0.210. The molecule has 0 bridgehead atoms. The Balaban J connectivity index is 2.71. The lowest BCUT2D eigenvalue weighted by atomic mass is 10.0. The van der Waals surface area contributed by atoms with Crippen molar-refractivity contribution in [2.24, 2.45) is 0 Å². The Hall–Kier alpha value is -0.650. The maximum atomic E-state index is 10.7. The molecule has 0 spiro atoms. The van der Waals surface area contributed by atoms with Gasteiger partial charge in [0.25, 0.3) is 5.79 Å². The summed E-state index contributed by atoms with van der Waals surface area (Å²) in [5.41, 5.74) is 0. The molecule has 0 aromatic carbocycles. The number of carboxylic acids is 1. The lowest BCUT2D eigenvalue weighted by Crippen LogP contribution is -2.49. The van der Waals surface area contributed by atoms with Gasteiger partial charge in [0, 0.05) is 13.5 Å². The number of rotatable bonds is 2. The Labute approximate surface area is 69.9 Å². The zero-order chi connectivity index (χ0) is 9.19. The molecular formula is C7H12O5. The Kier molecular flexibility index (Phi) is 2.66. The van der Waals surface area contributed by atoms with Crippen LogP contribution in [0.15, 0.2) is 0 Å². The zero-order valence-corrected chi connectivity index (χ0v) is 6.82. The second kappa shape index (κ2) is 3.38. The summed E-state index contributed by atoms with van der Waals surface area (Å²) in [4.78, 5) is 10.7. The fraction of sp³-hybridized carbons (Fsp3) is 0.857. The third-order valence-corrected chi connectivity index (χ3v) is 1.95. The van der Waals surface area contributed by atoms with E-state index in [1.54, 1.807) is 0 Å². The molecule has 1 rings (SSSR count). The van der Waals surface area contributed by atoms with Gasteiger partial charge in [-0.15, -0.1) is 0 Å². The van der Waals surface area contributed by atoms with Crippen LogP contribution >= 0.6 is 0 Å². The van der Waals surface area contributed by atoms with Crippen LogP contribution < -0.4 is 0 Å². The maximum absolute atomic E-state index is 10.7. The smallest absolute Gasteiger partial charge is 0.364 e. The molecule has 0 saturated carbocycles. The highest BCUT2D eigenvalue weighted by molar-refractivity contribution is 5.75. The third kappa shape index (κ3) is 1.57. The van der Waals surface area contributed by atoms with E-state index in [0.29, 0.717) is 6.42 Å². The Morgan fingerprint density at radius 1 is 1.75 bits per heavy atom. The van der Waals surface area contributed by atoms with Crippen LogP contribution in [0.2, 0.25) is 0 Å². The van der Waals surface area contributed by atoms with Gasteiger partial charge in [0.1, 0.15) is 0 Å². The molecule has 1 heterocycles. The first kappa shape index (κ1) is 9.44. The van der Waals surface area contributed by atoms with E-state index in [9.17, 15) is 9.90 Å². The van der Waals surface area contributed by atoms with Crippen molar-refractivity contribution in [3.8, 4) is 0 Å². The average Bonchev–Trinajstić information content (AvgIpc) is 2.04. The summed E-state index contributed by atoms with van der Waals surface area (Å²) in [6.07, 6.45) is -0.216. The third-order valence-electron chi connectivity index (χ3n) is 1.95. The highest BCUT2D eigenvalue weighted by Crippen LogP contribution is 2.26. The standard InChI is InChI=1S/C7H12O5/c1-11-7(6(9)10)4-5(8)2-3-12-7/h5,8H,2-4H2,1H3,(H,9,10). The molecular weight excluding hydrogens is 164 g/mol. The van der Waals surface area contributed by atoms with E-state index in [-0.39, 0.29) is 13.0 Å². The maximum Gasteiger partial charge on any atom is 0.364 e. The highest BCUT2D eigenvalue weighted by Gasteiger charge is 2.44. The number of aliphatic hydroxyl groups excluding tert-OH is 1. The minimum Gasteiger partial charge on any atom is -0.477 e. The predicted octanol–water partition coefficient (Wildman–Crippen LogP) is -0.415. The number of carboxylic acid groups (broad SMARTS) is 1. The molecule has 2 N–H and O–H groups in total. The van der Waals surface area contributed by atoms with Crippen molar-refractivity contribution in [3.63, 3.8) is 0 Å². The number of hydrogen-bond acceptors (Lipinski definition) is 4. The fourth-order valence-corrected chi connectivity index (χ4v) is 1.21. The molecule has 2 unspecified atom stereocenters. The van der Waals surface area contributed by atoms with Gasteiger partial charge in [0.2, 0.25) is 0 Å². The molecule has 1 aliphatic rings. The molecule has 0 aromatic rings. The van der Waals surface area contributed by atoms with Crippen LogP contribution in [0.4, 0.5) is 0 Å². The van der Waals surface area contributed by atoms with E-state index >= 15 is 0 Å². The van der Waals surface area contributed by atoms with Crippen LogP contribution in [-0.4, -0.2) is 41.8 Å². The van der Waals surface area contributed by atoms with E-state index in [1.165, 1.54) is 7.11 Å². The molecule has 5 nitrogen and oxygen atoms in total. The molecule has 1 fully saturated rings. The summed E-state index contributed by atoms with van der Waals surface area (Å²) >= 11 is 0. The Morgan fingerprint density at radius 3 is 2.75 bits per heavy atom. The van der Waals surface area contributed by atoms with Crippen molar-refractivity contribution in [1.29, 1.82) is 0 Å². The summed E-state index contributed by atoms with van der Waals surface area (Å²) < 4.78 is 9.69. The number of aliphatic carboxylic acids is 1. The molecule has 12 heavy (non-hydrogen) atoms.